The number of hydrogen-bond donors (Lipinski definition) is 0. The van der Waals surface area contributed by atoms with E-state index in [2.05, 4.69) is 8.75 Å². The molecule has 24 heavy (non-hydrogen) atoms. The van der Waals surface area contributed by atoms with Crippen molar-refractivity contribution in [1.82, 2.24) is 18.5 Å². The standard InChI is InChI=1S/C17H20N4O2S/c22-16(12-5-6-14-15(9-12)19-24-18-14)21-10-13(11-21)17(23)20-7-3-1-2-4-8-20/h5-6,9,13H,1-4,7-8,10-11H2. The second-order valence-corrected chi connectivity index (χ2v) is 7.14. The Morgan fingerprint density at radius 1 is 0.958 bits per heavy atom. The zero-order valence-electron chi connectivity index (χ0n) is 13.5. The minimum absolute atomic E-state index is 0.0233. The van der Waals surface area contributed by atoms with Gasteiger partial charge in [0.25, 0.3) is 5.91 Å². The number of aromatic nitrogens is 2. The van der Waals surface area contributed by atoms with Crippen molar-refractivity contribution in [2.24, 2.45) is 5.92 Å². The van der Waals surface area contributed by atoms with Crippen LogP contribution in [-0.4, -0.2) is 56.5 Å². The number of benzene rings is 1. The van der Waals surface area contributed by atoms with Crippen molar-refractivity contribution in [2.75, 3.05) is 26.2 Å². The Kier molecular flexibility index (Phi) is 4.18. The van der Waals surface area contributed by atoms with Gasteiger partial charge in [0.05, 0.1) is 17.6 Å². The molecule has 3 heterocycles. The number of hydrogen-bond acceptors (Lipinski definition) is 5. The van der Waals surface area contributed by atoms with E-state index in [1.54, 1.807) is 17.0 Å². The van der Waals surface area contributed by atoms with Gasteiger partial charge in [-0.2, -0.15) is 8.75 Å². The van der Waals surface area contributed by atoms with Gasteiger partial charge < -0.3 is 9.80 Å². The lowest BCUT2D eigenvalue weighted by Crippen LogP contribution is -2.56. The number of fused-ring (bicyclic) bond motifs is 1. The second kappa shape index (κ2) is 6.47. The maximum Gasteiger partial charge on any atom is 0.253 e. The van der Waals surface area contributed by atoms with Crippen LogP contribution in [0.2, 0.25) is 0 Å². The van der Waals surface area contributed by atoms with Crippen LogP contribution in [0.4, 0.5) is 0 Å². The van der Waals surface area contributed by atoms with Gasteiger partial charge in [-0.05, 0) is 31.0 Å². The fourth-order valence-electron chi connectivity index (χ4n) is 3.45. The van der Waals surface area contributed by atoms with Gasteiger partial charge in [-0.1, -0.05) is 12.8 Å². The van der Waals surface area contributed by atoms with Gasteiger partial charge >= 0.3 is 0 Å². The molecule has 2 amide bonds. The summed E-state index contributed by atoms with van der Waals surface area (Å²) >= 11 is 1.15. The smallest absolute Gasteiger partial charge is 0.253 e. The van der Waals surface area contributed by atoms with E-state index in [4.69, 9.17) is 0 Å². The topological polar surface area (TPSA) is 66.4 Å². The van der Waals surface area contributed by atoms with Gasteiger partial charge in [0, 0.05) is 31.7 Å². The number of amides is 2. The molecular formula is C17H20N4O2S. The third-order valence-electron chi connectivity index (χ3n) is 4.94. The molecule has 1 aromatic heterocycles. The molecule has 4 rings (SSSR count). The van der Waals surface area contributed by atoms with Crippen molar-refractivity contribution < 1.29 is 9.59 Å². The highest BCUT2D eigenvalue weighted by Crippen LogP contribution is 2.23. The van der Waals surface area contributed by atoms with E-state index in [1.807, 2.05) is 11.0 Å². The van der Waals surface area contributed by atoms with Crippen LogP contribution in [-0.2, 0) is 4.79 Å². The van der Waals surface area contributed by atoms with E-state index in [1.165, 1.54) is 12.8 Å². The third-order valence-corrected chi connectivity index (χ3v) is 5.49. The molecule has 0 N–H and O–H groups in total. The molecule has 6 nitrogen and oxygen atoms in total. The number of likely N-dealkylation sites (tertiary alicyclic amines) is 2. The maximum absolute atomic E-state index is 12.5. The summed E-state index contributed by atoms with van der Waals surface area (Å²) in [6.07, 6.45) is 4.63. The van der Waals surface area contributed by atoms with Crippen molar-refractivity contribution in [3.63, 3.8) is 0 Å². The fraction of sp³-hybridized carbons (Fsp3) is 0.529. The first-order chi connectivity index (χ1) is 11.7. The summed E-state index contributed by atoms with van der Waals surface area (Å²) in [7, 11) is 0. The highest BCUT2D eigenvalue weighted by Gasteiger charge is 2.38. The Labute approximate surface area is 144 Å². The molecule has 0 spiro atoms. The summed E-state index contributed by atoms with van der Waals surface area (Å²) in [6.45, 7) is 2.80. The average molecular weight is 344 g/mol. The molecular weight excluding hydrogens is 324 g/mol. The third kappa shape index (κ3) is 2.88. The van der Waals surface area contributed by atoms with Gasteiger partial charge in [0.15, 0.2) is 0 Å². The first-order valence-corrected chi connectivity index (χ1v) is 9.26. The van der Waals surface area contributed by atoms with Crippen LogP contribution in [0.25, 0.3) is 11.0 Å². The molecule has 7 heteroatoms. The maximum atomic E-state index is 12.5. The van der Waals surface area contributed by atoms with Crippen LogP contribution in [0.5, 0.6) is 0 Å². The average Bonchev–Trinajstić information content (AvgIpc) is 2.84. The second-order valence-electron chi connectivity index (χ2n) is 6.61. The lowest BCUT2D eigenvalue weighted by molar-refractivity contribution is -0.139. The molecule has 1 aromatic carbocycles. The van der Waals surface area contributed by atoms with E-state index in [0.717, 1.165) is 48.7 Å². The lowest BCUT2D eigenvalue weighted by atomic mass is 9.97. The molecule has 2 aliphatic rings. The van der Waals surface area contributed by atoms with Crippen molar-refractivity contribution in [2.45, 2.75) is 25.7 Å². The summed E-state index contributed by atoms with van der Waals surface area (Å²) in [5, 5.41) is 0. The van der Waals surface area contributed by atoms with Crippen molar-refractivity contribution in [1.29, 1.82) is 0 Å². The van der Waals surface area contributed by atoms with E-state index in [0.29, 0.717) is 18.7 Å². The van der Waals surface area contributed by atoms with Gasteiger partial charge in [-0.15, -0.1) is 0 Å². The van der Waals surface area contributed by atoms with Crippen LogP contribution in [0.1, 0.15) is 36.0 Å². The van der Waals surface area contributed by atoms with E-state index >= 15 is 0 Å². The molecule has 126 valence electrons. The Balaban J connectivity index is 1.37. The van der Waals surface area contributed by atoms with Gasteiger partial charge in [-0.3, -0.25) is 9.59 Å². The predicted octanol–water partition coefficient (Wildman–Crippen LogP) is 2.17. The van der Waals surface area contributed by atoms with Crippen molar-refractivity contribution >= 4 is 34.6 Å². The first kappa shape index (κ1) is 15.5. The molecule has 2 aromatic rings. The SMILES string of the molecule is O=C(c1ccc2nsnc2c1)N1CC(C(=O)N2CCCCCC2)C1. The zero-order valence-corrected chi connectivity index (χ0v) is 14.3. The lowest BCUT2D eigenvalue weighted by Gasteiger charge is -2.40. The van der Waals surface area contributed by atoms with Crippen LogP contribution in [0.15, 0.2) is 18.2 Å². The summed E-state index contributed by atoms with van der Waals surface area (Å²) in [5.74, 6) is 0.168. The van der Waals surface area contributed by atoms with E-state index in [9.17, 15) is 9.59 Å². The summed E-state index contributed by atoms with van der Waals surface area (Å²) in [5.41, 5.74) is 2.19. The minimum Gasteiger partial charge on any atom is -0.342 e. The van der Waals surface area contributed by atoms with E-state index in [-0.39, 0.29) is 17.7 Å². The number of rotatable bonds is 2. The summed E-state index contributed by atoms with van der Waals surface area (Å²) in [6, 6.07) is 5.40. The molecule has 0 aliphatic carbocycles. The fourth-order valence-corrected chi connectivity index (χ4v) is 3.96. The minimum atomic E-state index is -0.0308. The summed E-state index contributed by atoms with van der Waals surface area (Å²) in [4.78, 5) is 28.8. The van der Waals surface area contributed by atoms with E-state index < -0.39 is 0 Å². The monoisotopic (exact) mass is 344 g/mol. The molecule has 0 bridgehead atoms. The van der Waals surface area contributed by atoms with Gasteiger partial charge in [-0.25, -0.2) is 0 Å². The van der Waals surface area contributed by atoms with Crippen molar-refractivity contribution in [3.05, 3.63) is 23.8 Å². The molecule has 0 radical (unpaired) electrons. The van der Waals surface area contributed by atoms with Crippen LogP contribution >= 0.6 is 11.7 Å². The number of nitrogens with zero attached hydrogens (tertiary/aromatic N) is 4. The molecule has 2 aliphatic heterocycles. The Hall–Kier alpha value is -2.02. The first-order valence-electron chi connectivity index (χ1n) is 8.53. The Morgan fingerprint density at radius 2 is 1.67 bits per heavy atom. The normalized spacial score (nSPS) is 19.2. The van der Waals surface area contributed by atoms with Crippen LogP contribution in [0, 0.1) is 5.92 Å². The highest BCUT2D eigenvalue weighted by molar-refractivity contribution is 7.00. The Bertz CT molecular complexity index is 761. The number of carbonyl (C=O) groups excluding carboxylic acids is 2. The molecule has 0 unspecified atom stereocenters. The number of carbonyl (C=O) groups is 2. The van der Waals surface area contributed by atoms with Gasteiger partial charge in [0.1, 0.15) is 11.0 Å². The predicted molar refractivity (Wildman–Crippen MR) is 91.9 cm³/mol. The van der Waals surface area contributed by atoms with Crippen LogP contribution < -0.4 is 0 Å². The molecule has 2 fully saturated rings. The highest BCUT2D eigenvalue weighted by atomic mass is 32.1. The van der Waals surface area contributed by atoms with Gasteiger partial charge in [0.2, 0.25) is 5.91 Å². The van der Waals surface area contributed by atoms with Crippen molar-refractivity contribution in [3.8, 4) is 0 Å². The molecule has 2 saturated heterocycles. The molecule has 0 atom stereocenters. The summed E-state index contributed by atoms with van der Waals surface area (Å²) < 4.78 is 8.33. The Morgan fingerprint density at radius 3 is 2.42 bits per heavy atom. The molecule has 0 saturated carbocycles. The van der Waals surface area contributed by atoms with Crippen LogP contribution in [0.3, 0.4) is 0 Å². The zero-order chi connectivity index (χ0) is 16.5. The quantitative estimate of drug-likeness (QED) is 0.837. The largest absolute Gasteiger partial charge is 0.342 e.